The first-order chi connectivity index (χ1) is 12.0. The molecule has 1 atom stereocenters. The van der Waals surface area contributed by atoms with Crippen LogP contribution in [0.2, 0.25) is 0 Å². The monoisotopic (exact) mass is 407 g/mol. The summed E-state index contributed by atoms with van der Waals surface area (Å²) in [5.41, 5.74) is 1.58. The summed E-state index contributed by atoms with van der Waals surface area (Å²) in [5.74, 6) is 0.00578. The number of hydrogen-bond acceptors (Lipinski definition) is 6. The third-order valence-electron chi connectivity index (χ3n) is 3.63. The molecule has 2 heterocycles. The first kappa shape index (κ1) is 17.3. The van der Waals surface area contributed by atoms with Crippen LogP contribution in [0.1, 0.15) is 31.3 Å². The van der Waals surface area contributed by atoms with Gasteiger partial charge in [-0.05, 0) is 31.5 Å². The maximum Gasteiger partial charge on any atom is 0.338 e. The van der Waals surface area contributed by atoms with Crippen molar-refractivity contribution in [3.63, 3.8) is 0 Å². The van der Waals surface area contributed by atoms with Gasteiger partial charge >= 0.3 is 5.97 Å². The number of carbonyl (C=O) groups excluding carboxylic acids is 1. The summed E-state index contributed by atoms with van der Waals surface area (Å²) in [6.07, 6.45) is 1.36. The Bertz CT molecular complexity index is 863. The Morgan fingerprint density at radius 2 is 2.24 bits per heavy atom. The highest BCUT2D eigenvalue weighted by atomic mass is 79.9. The van der Waals surface area contributed by atoms with E-state index in [-0.39, 0.29) is 12.4 Å². The van der Waals surface area contributed by atoms with E-state index in [1.165, 1.54) is 18.5 Å². The summed E-state index contributed by atoms with van der Waals surface area (Å²) >= 11 is 3.35. The van der Waals surface area contributed by atoms with Gasteiger partial charge in [0.15, 0.2) is 11.7 Å². The van der Waals surface area contributed by atoms with Crippen LogP contribution < -0.4 is 5.32 Å². The second-order valence-corrected chi connectivity index (χ2v) is 6.12. The van der Waals surface area contributed by atoms with Crippen molar-refractivity contribution in [1.82, 2.24) is 20.5 Å². The molecule has 1 unspecified atom stereocenters. The van der Waals surface area contributed by atoms with Crippen molar-refractivity contribution in [2.45, 2.75) is 19.9 Å². The van der Waals surface area contributed by atoms with Gasteiger partial charge in [-0.3, -0.25) is 10.1 Å². The molecule has 7 nitrogen and oxygen atoms in total. The van der Waals surface area contributed by atoms with Crippen molar-refractivity contribution in [2.75, 3.05) is 6.61 Å². The number of allylic oxidation sites excluding steroid dienone is 1. The second kappa shape index (κ2) is 7.14. The van der Waals surface area contributed by atoms with Crippen LogP contribution in [0.15, 0.2) is 45.3 Å². The van der Waals surface area contributed by atoms with E-state index in [2.05, 4.69) is 41.4 Å². The zero-order chi connectivity index (χ0) is 18.0. The number of halogens is 2. The van der Waals surface area contributed by atoms with Gasteiger partial charge in [-0.2, -0.15) is 5.10 Å². The van der Waals surface area contributed by atoms with Gasteiger partial charge in [-0.25, -0.2) is 14.2 Å². The van der Waals surface area contributed by atoms with Gasteiger partial charge in [-0.15, -0.1) is 0 Å². The van der Waals surface area contributed by atoms with Gasteiger partial charge in [0.05, 0.1) is 12.2 Å². The zero-order valence-electron chi connectivity index (χ0n) is 13.5. The van der Waals surface area contributed by atoms with Gasteiger partial charge in [0.2, 0.25) is 0 Å². The molecule has 9 heteroatoms. The van der Waals surface area contributed by atoms with Gasteiger partial charge in [0.25, 0.3) is 0 Å². The van der Waals surface area contributed by atoms with Gasteiger partial charge in [0, 0.05) is 10.2 Å². The fourth-order valence-electron chi connectivity index (χ4n) is 2.54. The predicted molar refractivity (Wildman–Crippen MR) is 92.2 cm³/mol. The molecule has 0 spiro atoms. The van der Waals surface area contributed by atoms with E-state index in [9.17, 15) is 9.18 Å². The fourth-order valence-corrected chi connectivity index (χ4v) is 3.11. The zero-order valence-corrected chi connectivity index (χ0v) is 15.1. The first-order valence-electron chi connectivity index (χ1n) is 7.54. The number of benzene rings is 1. The minimum atomic E-state index is -0.671. The number of ether oxygens (including phenoxy) is 1. The smallest absolute Gasteiger partial charge is 0.338 e. The molecule has 0 bridgehead atoms. The Balaban J connectivity index is 2.11. The lowest BCUT2D eigenvalue weighted by molar-refractivity contribution is -0.138. The van der Waals surface area contributed by atoms with Gasteiger partial charge < -0.3 is 10.1 Å². The summed E-state index contributed by atoms with van der Waals surface area (Å²) in [6, 6.07) is 3.57. The van der Waals surface area contributed by atoms with E-state index in [4.69, 9.17) is 4.74 Å². The van der Waals surface area contributed by atoms with Crippen molar-refractivity contribution < 1.29 is 13.9 Å². The van der Waals surface area contributed by atoms with Crippen LogP contribution in [0.4, 0.5) is 4.39 Å². The highest BCUT2D eigenvalue weighted by Crippen LogP contribution is 2.36. The predicted octanol–water partition coefficient (Wildman–Crippen LogP) is 2.63. The Labute approximate surface area is 151 Å². The maximum absolute atomic E-state index is 13.5. The van der Waals surface area contributed by atoms with E-state index in [0.29, 0.717) is 33.0 Å². The van der Waals surface area contributed by atoms with E-state index in [1.807, 2.05) is 0 Å². The molecule has 0 radical (unpaired) electrons. The number of aliphatic imine (C=N–C) groups is 1. The lowest BCUT2D eigenvalue weighted by Gasteiger charge is -2.26. The molecule has 1 aromatic carbocycles. The van der Waals surface area contributed by atoms with E-state index in [1.54, 1.807) is 19.9 Å². The topological polar surface area (TPSA) is 92.3 Å². The number of carbonyl (C=O) groups is 1. The number of amidine groups is 1. The number of hydrogen-bond donors (Lipinski definition) is 2. The molecule has 1 aromatic heterocycles. The molecule has 0 fully saturated rings. The molecule has 0 saturated carbocycles. The summed E-state index contributed by atoms with van der Waals surface area (Å²) in [5, 5.41) is 9.58. The lowest BCUT2D eigenvalue weighted by Crippen LogP contribution is -2.33. The van der Waals surface area contributed by atoms with Crippen molar-refractivity contribution >= 4 is 27.7 Å². The van der Waals surface area contributed by atoms with Crippen LogP contribution in [-0.2, 0) is 9.53 Å². The number of esters is 1. The van der Waals surface area contributed by atoms with Crippen molar-refractivity contribution in [3.05, 3.63) is 57.5 Å². The largest absolute Gasteiger partial charge is 0.463 e. The molecule has 0 aliphatic carbocycles. The fraction of sp³-hybridized carbons (Fsp3) is 0.250. The molecule has 1 aliphatic heterocycles. The number of aromatic amines is 1. The average molecular weight is 408 g/mol. The quantitative estimate of drug-likeness (QED) is 0.759. The van der Waals surface area contributed by atoms with Crippen LogP contribution in [0.3, 0.4) is 0 Å². The summed E-state index contributed by atoms with van der Waals surface area (Å²) in [4.78, 5) is 21.1. The molecular formula is C16H15BrFN5O2. The molecule has 25 heavy (non-hydrogen) atoms. The van der Waals surface area contributed by atoms with Gasteiger partial charge in [0.1, 0.15) is 18.2 Å². The van der Waals surface area contributed by atoms with Crippen LogP contribution in [0.25, 0.3) is 0 Å². The van der Waals surface area contributed by atoms with E-state index >= 15 is 0 Å². The molecule has 1 aliphatic rings. The van der Waals surface area contributed by atoms with Crippen LogP contribution in [0.5, 0.6) is 0 Å². The number of rotatable bonds is 4. The minimum absolute atomic E-state index is 0.242. The third-order valence-corrected chi connectivity index (χ3v) is 4.32. The highest BCUT2D eigenvalue weighted by Gasteiger charge is 2.32. The number of nitrogens with zero attached hydrogens (tertiary/aromatic N) is 3. The molecule has 130 valence electrons. The van der Waals surface area contributed by atoms with Crippen LogP contribution in [0, 0.1) is 5.82 Å². The number of nitrogens with one attached hydrogen (secondary N) is 2. The highest BCUT2D eigenvalue weighted by molar-refractivity contribution is 9.10. The van der Waals surface area contributed by atoms with E-state index in [0.717, 1.165) is 0 Å². The van der Waals surface area contributed by atoms with Crippen molar-refractivity contribution in [1.29, 1.82) is 0 Å². The molecular weight excluding hydrogens is 393 g/mol. The second-order valence-electron chi connectivity index (χ2n) is 5.26. The first-order valence-corrected chi connectivity index (χ1v) is 8.34. The molecule has 0 amide bonds. The molecule has 3 rings (SSSR count). The number of H-pyrrole nitrogens is 1. The Morgan fingerprint density at radius 3 is 2.88 bits per heavy atom. The Kier molecular flexibility index (Phi) is 4.93. The van der Waals surface area contributed by atoms with Crippen LogP contribution in [-0.4, -0.2) is 33.6 Å². The third kappa shape index (κ3) is 3.46. The van der Waals surface area contributed by atoms with Gasteiger partial charge in [-0.1, -0.05) is 22.0 Å². The summed E-state index contributed by atoms with van der Waals surface area (Å²) < 4.78 is 19.1. The maximum atomic E-state index is 13.5. The summed E-state index contributed by atoms with van der Waals surface area (Å²) in [7, 11) is 0. The van der Waals surface area contributed by atoms with Crippen molar-refractivity contribution in [3.8, 4) is 0 Å². The molecule has 2 aromatic rings. The average Bonchev–Trinajstić information content (AvgIpc) is 3.08. The molecule has 2 N–H and O–H groups in total. The Hall–Kier alpha value is -2.55. The van der Waals surface area contributed by atoms with Crippen molar-refractivity contribution in [2.24, 2.45) is 4.99 Å². The lowest BCUT2D eigenvalue weighted by atomic mass is 9.96. The number of aromatic nitrogens is 3. The summed E-state index contributed by atoms with van der Waals surface area (Å²) in [6.45, 7) is 3.73. The minimum Gasteiger partial charge on any atom is -0.463 e. The molecule has 0 saturated heterocycles. The normalized spacial score (nSPS) is 17.1. The van der Waals surface area contributed by atoms with E-state index < -0.39 is 12.0 Å². The SMILES string of the molecule is CCOC(=O)C1=C(C)NC(c2ncn[nH]2)=NC1c1ccc(F)cc1Br. The standard InChI is InChI=1S/C16H15BrFN5O2/c1-3-25-16(24)12-8(2)21-15(14-19-7-20-23-14)22-13(12)10-5-4-9(18)6-11(10)17/h4-7,13H,3H2,1-2H3,(H,21,22)(H,19,20,23). The Morgan fingerprint density at radius 1 is 1.44 bits per heavy atom. The van der Waals surface area contributed by atoms with Crippen LogP contribution >= 0.6 is 15.9 Å².